The van der Waals surface area contributed by atoms with E-state index in [0.717, 1.165) is 6.07 Å². The van der Waals surface area contributed by atoms with Crippen molar-refractivity contribution in [2.24, 2.45) is 0 Å². The first kappa shape index (κ1) is 25.1. The first-order valence-corrected chi connectivity index (χ1v) is 11.4. The number of amides is 2. The Morgan fingerprint density at radius 1 is 1.06 bits per heavy atom. The molecule has 1 aromatic carbocycles. The van der Waals surface area contributed by atoms with Gasteiger partial charge in [-0.1, -0.05) is 19.9 Å². The lowest BCUT2D eigenvalue weighted by molar-refractivity contribution is -0.137. The number of pyridine rings is 1. The summed E-state index contributed by atoms with van der Waals surface area (Å²) in [6.07, 6.45) is 1.95. The Balaban J connectivity index is 1.36. The van der Waals surface area contributed by atoms with Crippen LogP contribution >= 0.6 is 0 Å². The third-order valence-electron chi connectivity index (χ3n) is 5.91. The van der Waals surface area contributed by atoms with Crippen LogP contribution in [0, 0.1) is 0 Å². The molecule has 1 aliphatic carbocycles. The van der Waals surface area contributed by atoms with E-state index >= 15 is 0 Å². The van der Waals surface area contributed by atoms with Crippen LogP contribution < -0.4 is 16.0 Å². The van der Waals surface area contributed by atoms with E-state index in [0.29, 0.717) is 29.8 Å². The van der Waals surface area contributed by atoms with E-state index in [1.165, 1.54) is 31.0 Å². The van der Waals surface area contributed by atoms with Gasteiger partial charge in [0.05, 0.1) is 40.9 Å². The summed E-state index contributed by atoms with van der Waals surface area (Å²) < 4.78 is 40.8. The molecular weight excluding hydrogens is 473 g/mol. The van der Waals surface area contributed by atoms with Crippen LogP contribution in [0.2, 0.25) is 0 Å². The number of carbonyl (C=O) groups is 2. The molecule has 3 aromatic rings. The first-order valence-electron chi connectivity index (χ1n) is 11.4. The Bertz CT molecular complexity index is 1240. The maximum atomic E-state index is 13.6. The van der Waals surface area contributed by atoms with Crippen molar-refractivity contribution >= 4 is 23.2 Å². The second kappa shape index (κ2) is 9.92. The molecule has 1 saturated carbocycles. The van der Waals surface area contributed by atoms with Gasteiger partial charge in [-0.25, -0.2) is 9.97 Å². The van der Waals surface area contributed by atoms with Gasteiger partial charge in [0, 0.05) is 12.4 Å². The topological polar surface area (TPSA) is 109 Å². The number of nitrogens with one attached hydrogen (secondary N) is 3. The van der Waals surface area contributed by atoms with Gasteiger partial charge < -0.3 is 16.0 Å². The standard InChI is InChI=1S/C25H25F3N6O2/c1-15(2)16-3-6-21(20(9-16)25(26,27)28)33-19-5-4-18(31-13-19)12-32-23(36)24(7-8-24)34-22(35)17-10-29-14-30-11-17/h3-6,9-11,13-15,33H,7-8,12H2,1-2H3,(H,32,36)(H,34,35). The minimum absolute atomic E-state index is 0.0354. The second-order valence-corrected chi connectivity index (χ2v) is 8.97. The van der Waals surface area contributed by atoms with Crippen molar-refractivity contribution < 1.29 is 22.8 Å². The number of benzene rings is 1. The summed E-state index contributed by atoms with van der Waals surface area (Å²) in [5.41, 5.74) is -0.0472. The van der Waals surface area contributed by atoms with Crippen LogP contribution in [-0.2, 0) is 17.5 Å². The van der Waals surface area contributed by atoms with E-state index in [9.17, 15) is 22.8 Å². The molecule has 0 atom stereocenters. The van der Waals surface area contributed by atoms with Crippen molar-refractivity contribution in [3.05, 3.63) is 77.6 Å². The molecule has 36 heavy (non-hydrogen) atoms. The number of rotatable bonds is 8. The zero-order chi connectivity index (χ0) is 25.9. The van der Waals surface area contributed by atoms with Crippen LogP contribution in [-0.4, -0.2) is 32.3 Å². The fraction of sp³-hybridized carbons (Fsp3) is 0.320. The Kier molecular flexibility index (Phi) is 6.91. The summed E-state index contributed by atoms with van der Waals surface area (Å²) >= 11 is 0. The summed E-state index contributed by atoms with van der Waals surface area (Å²) in [5, 5.41) is 8.27. The number of aromatic nitrogens is 3. The molecule has 0 saturated heterocycles. The van der Waals surface area contributed by atoms with Gasteiger partial charge in [0.25, 0.3) is 5.91 Å². The van der Waals surface area contributed by atoms with Crippen LogP contribution in [0.1, 0.15) is 59.8 Å². The molecule has 4 rings (SSSR count). The predicted molar refractivity (Wildman–Crippen MR) is 126 cm³/mol. The Hall–Kier alpha value is -4.02. The average Bonchev–Trinajstić information content (AvgIpc) is 3.64. The number of hydrogen-bond donors (Lipinski definition) is 3. The summed E-state index contributed by atoms with van der Waals surface area (Å²) in [6, 6.07) is 7.43. The first-order chi connectivity index (χ1) is 17.1. The van der Waals surface area contributed by atoms with Crippen LogP contribution in [0.15, 0.2) is 55.2 Å². The van der Waals surface area contributed by atoms with Gasteiger partial charge >= 0.3 is 6.18 Å². The third-order valence-corrected chi connectivity index (χ3v) is 5.91. The molecule has 0 aliphatic heterocycles. The molecule has 0 radical (unpaired) electrons. The minimum Gasteiger partial charge on any atom is -0.354 e. The highest BCUT2D eigenvalue weighted by Crippen LogP contribution is 2.38. The van der Waals surface area contributed by atoms with Gasteiger partial charge in [-0.3, -0.25) is 14.6 Å². The molecule has 188 valence electrons. The highest BCUT2D eigenvalue weighted by atomic mass is 19.4. The van der Waals surface area contributed by atoms with Gasteiger partial charge in [0.15, 0.2) is 0 Å². The number of nitrogens with zero attached hydrogens (tertiary/aromatic N) is 3. The number of carbonyl (C=O) groups excluding carboxylic acids is 2. The maximum Gasteiger partial charge on any atom is 0.418 e. The molecule has 2 heterocycles. The summed E-state index contributed by atoms with van der Waals surface area (Å²) in [5.74, 6) is -0.806. The molecule has 1 aliphatic rings. The van der Waals surface area contributed by atoms with Crippen molar-refractivity contribution in [2.75, 3.05) is 5.32 Å². The zero-order valence-electron chi connectivity index (χ0n) is 19.7. The number of hydrogen-bond acceptors (Lipinski definition) is 6. The molecule has 3 N–H and O–H groups in total. The zero-order valence-corrected chi connectivity index (χ0v) is 19.7. The lowest BCUT2D eigenvalue weighted by Gasteiger charge is -2.18. The summed E-state index contributed by atoms with van der Waals surface area (Å²) in [7, 11) is 0. The molecular formula is C25H25F3N6O2. The Morgan fingerprint density at radius 3 is 2.36 bits per heavy atom. The lowest BCUT2D eigenvalue weighted by Crippen LogP contribution is -2.48. The highest BCUT2D eigenvalue weighted by molar-refractivity contribution is 6.00. The molecule has 11 heteroatoms. The van der Waals surface area contributed by atoms with Crippen LogP contribution in [0.5, 0.6) is 0 Å². The van der Waals surface area contributed by atoms with E-state index < -0.39 is 23.2 Å². The summed E-state index contributed by atoms with van der Waals surface area (Å²) in [4.78, 5) is 36.8. The maximum absolute atomic E-state index is 13.6. The van der Waals surface area contributed by atoms with Crippen molar-refractivity contribution in [2.45, 2.75) is 50.9 Å². The van der Waals surface area contributed by atoms with Gasteiger partial charge in [0.2, 0.25) is 5.91 Å². The lowest BCUT2D eigenvalue weighted by atomic mass is 9.99. The van der Waals surface area contributed by atoms with Crippen molar-refractivity contribution in [1.82, 2.24) is 25.6 Å². The molecule has 8 nitrogen and oxygen atoms in total. The minimum atomic E-state index is -4.51. The molecule has 0 bridgehead atoms. The predicted octanol–water partition coefficient (Wildman–Crippen LogP) is 4.34. The van der Waals surface area contributed by atoms with Gasteiger partial charge in [-0.2, -0.15) is 13.2 Å². The fourth-order valence-electron chi connectivity index (χ4n) is 3.60. The van der Waals surface area contributed by atoms with Crippen molar-refractivity contribution in [1.29, 1.82) is 0 Å². The third kappa shape index (κ3) is 5.78. The number of anilines is 2. The average molecular weight is 499 g/mol. The quantitative estimate of drug-likeness (QED) is 0.427. The summed E-state index contributed by atoms with van der Waals surface area (Å²) in [6.45, 7) is 3.77. The van der Waals surface area contributed by atoms with E-state index in [1.807, 2.05) is 13.8 Å². The van der Waals surface area contributed by atoms with E-state index in [1.54, 1.807) is 18.2 Å². The van der Waals surface area contributed by atoms with Gasteiger partial charge in [-0.15, -0.1) is 0 Å². The van der Waals surface area contributed by atoms with Gasteiger partial charge in [0.1, 0.15) is 11.9 Å². The Labute approximate surface area is 205 Å². The SMILES string of the molecule is CC(C)c1ccc(Nc2ccc(CNC(=O)C3(NC(=O)c4cncnc4)CC3)nc2)c(C(F)(F)F)c1. The molecule has 1 fully saturated rings. The van der Waals surface area contributed by atoms with E-state index in [-0.39, 0.29) is 29.6 Å². The largest absolute Gasteiger partial charge is 0.418 e. The molecule has 0 spiro atoms. The van der Waals surface area contributed by atoms with Crippen molar-refractivity contribution in [3.8, 4) is 0 Å². The van der Waals surface area contributed by atoms with Crippen LogP contribution in [0.3, 0.4) is 0 Å². The smallest absolute Gasteiger partial charge is 0.354 e. The number of alkyl halides is 3. The normalized spacial score (nSPS) is 14.3. The molecule has 2 amide bonds. The van der Waals surface area contributed by atoms with Crippen LogP contribution in [0.4, 0.5) is 24.5 Å². The fourth-order valence-corrected chi connectivity index (χ4v) is 3.60. The van der Waals surface area contributed by atoms with Crippen LogP contribution in [0.25, 0.3) is 0 Å². The van der Waals surface area contributed by atoms with E-state index in [2.05, 4.69) is 30.9 Å². The molecule has 2 aromatic heterocycles. The van der Waals surface area contributed by atoms with Crippen molar-refractivity contribution in [3.63, 3.8) is 0 Å². The molecule has 0 unspecified atom stereocenters. The monoisotopic (exact) mass is 498 g/mol. The highest BCUT2D eigenvalue weighted by Gasteiger charge is 2.51. The Morgan fingerprint density at radius 2 is 1.78 bits per heavy atom. The second-order valence-electron chi connectivity index (χ2n) is 8.97. The van der Waals surface area contributed by atoms with Gasteiger partial charge in [-0.05, 0) is 48.6 Å². The van der Waals surface area contributed by atoms with E-state index in [4.69, 9.17) is 0 Å². The number of halogens is 3.